The van der Waals surface area contributed by atoms with Crippen molar-refractivity contribution in [3.8, 4) is 0 Å². The van der Waals surface area contributed by atoms with Crippen molar-refractivity contribution in [1.29, 1.82) is 0 Å². The van der Waals surface area contributed by atoms with Crippen molar-refractivity contribution in [2.45, 2.75) is 33.2 Å². The number of nitrogens with two attached hydrogens (primary N) is 1. The number of likely N-dealkylation sites (tertiary alicyclic amines) is 1. The summed E-state index contributed by atoms with van der Waals surface area (Å²) in [6.07, 6.45) is 6.31. The Labute approximate surface area is 138 Å². The minimum atomic E-state index is 0. The molecule has 1 fully saturated rings. The zero-order valence-corrected chi connectivity index (χ0v) is 14.7. The summed E-state index contributed by atoms with van der Waals surface area (Å²) in [5, 5.41) is 4.21. The van der Waals surface area contributed by atoms with Crippen LogP contribution < -0.4 is 5.73 Å². The fourth-order valence-electron chi connectivity index (χ4n) is 2.53. The lowest BCUT2D eigenvalue weighted by molar-refractivity contribution is 0.270. The van der Waals surface area contributed by atoms with Crippen LogP contribution in [0.25, 0.3) is 0 Å². The number of rotatable bonds is 4. The molecule has 1 saturated heterocycles. The smallest absolute Gasteiger partial charge is 0.191 e. The number of nitrogens with zero attached hydrogens (tertiary/aromatic N) is 4. The van der Waals surface area contributed by atoms with E-state index in [1.54, 1.807) is 6.20 Å². The highest BCUT2D eigenvalue weighted by Gasteiger charge is 2.17. The van der Waals surface area contributed by atoms with Gasteiger partial charge in [-0.1, -0.05) is 13.8 Å². The highest BCUT2D eigenvalue weighted by atomic mass is 127. The second-order valence-corrected chi connectivity index (χ2v) is 5.73. The molecule has 2 heterocycles. The molecule has 0 aliphatic carbocycles. The first kappa shape index (κ1) is 17.3. The monoisotopic (exact) mass is 391 g/mol. The topological polar surface area (TPSA) is 59.4 Å². The molecule has 0 radical (unpaired) electrons. The largest absolute Gasteiger partial charge is 0.370 e. The lowest BCUT2D eigenvalue weighted by Gasteiger charge is -2.31. The minimum absolute atomic E-state index is 0. The zero-order valence-electron chi connectivity index (χ0n) is 12.4. The summed E-state index contributed by atoms with van der Waals surface area (Å²) in [5.41, 5.74) is 6.09. The van der Waals surface area contributed by atoms with Crippen LogP contribution in [-0.2, 0) is 6.54 Å². The van der Waals surface area contributed by atoms with Crippen LogP contribution in [0.4, 0.5) is 0 Å². The van der Waals surface area contributed by atoms with Gasteiger partial charge in [0.15, 0.2) is 5.96 Å². The van der Waals surface area contributed by atoms with E-state index < -0.39 is 0 Å². The molecule has 0 spiro atoms. The van der Waals surface area contributed by atoms with Gasteiger partial charge in [-0.15, -0.1) is 24.0 Å². The molecule has 1 aliphatic rings. The van der Waals surface area contributed by atoms with Crippen LogP contribution in [-0.4, -0.2) is 40.3 Å². The summed E-state index contributed by atoms with van der Waals surface area (Å²) < 4.78 is 1.94. The van der Waals surface area contributed by atoms with Crippen molar-refractivity contribution >= 4 is 29.9 Å². The second kappa shape index (κ2) is 8.49. The molecule has 2 unspecified atom stereocenters. The summed E-state index contributed by atoms with van der Waals surface area (Å²) in [6.45, 7) is 8.20. The van der Waals surface area contributed by atoms with E-state index in [4.69, 9.17) is 5.73 Å². The molecule has 2 atom stereocenters. The molecule has 1 aromatic heterocycles. The summed E-state index contributed by atoms with van der Waals surface area (Å²) in [7, 11) is 0. The molecule has 0 aromatic carbocycles. The lowest BCUT2D eigenvalue weighted by Crippen LogP contribution is -2.43. The van der Waals surface area contributed by atoms with Gasteiger partial charge < -0.3 is 10.6 Å². The van der Waals surface area contributed by atoms with Gasteiger partial charge in [0.1, 0.15) is 0 Å². The zero-order chi connectivity index (χ0) is 13.7. The van der Waals surface area contributed by atoms with Crippen LogP contribution in [0.1, 0.15) is 26.7 Å². The number of hydrogen-bond acceptors (Lipinski definition) is 2. The van der Waals surface area contributed by atoms with Crippen molar-refractivity contribution in [3.63, 3.8) is 0 Å². The maximum atomic E-state index is 6.09. The molecule has 114 valence electrons. The van der Waals surface area contributed by atoms with E-state index in [1.165, 1.54) is 12.8 Å². The Hall–Kier alpha value is -0.790. The summed E-state index contributed by atoms with van der Waals surface area (Å²) >= 11 is 0. The highest BCUT2D eigenvalue weighted by Crippen LogP contribution is 2.15. The van der Waals surface area contributed by atoms with E-state index in [1.807, 2.05) is 16.9 Å². The number of aromatic nitrogens is 2. The van der Waals surface area contributed by atoms with Crippen molar-refractivity contribution in [3.05, 3.63) is 18.5 Å². The Morgan fingerprint density at radius 1 is 1.55 bits per heavy atom. The van der Waals surface area contributed by atoms with Crippen molar-refractivity contribution < 1.29 is 0 Å². The highest BCUT2D eigenvalue weighted by molar-refractivity contribution is 14.0. The Kier molecular flexibility index (Phi) is 7.32. The predicted octanol–water partition coefficient (Wildman–Crippen LogP) is 2.18. The summed E-state index contributed by atoms with van der Waals surface area (Å²) in [5.74, 6) is 1.88. The standard InChI is InChI=1S/C14H25N5.HI/c1-12-5-3-7-18(10-12)14(15)16-9-13(2)11-19-8-4-6-17-19;/h4,6,8,12-13H,3,5,7,9-11H2,1-2H3,(H2,15,16);1H. The molecule has 2 rings (SSSR count). The van der Waals surface area contributed by atoms with E-state index in [2.05, 4.69) is 28.8 Å². The molecular weight excluding hydrogens is 365 g/mol. The van der Waals surface area contributed by atoms with Gasteiger partial charge in [0.05, 0.1) is 0 Å². The molecule has 1 aliphatic heterocycles. The average Bonchev–Trinajstić information content (AvgIpc) is 2.88. The maximum absolute atomic E-state index is 6.09. The normalized spacial score (nSPS) is 21.4. The first-order chi connectivity index (χ1) is 9.15. The number of guanidine groups is 1. The third-order valence-corrected chi connectivity index (χ3v) is 3.60. The fourth-order valence-corrected chi connectivity index (χ4v) is 2.53. The molecule has 1 aromatic rings. The summed E-state index contributed by atoms with van der Waals surface area (Å²) in [6, 6.07) is 1.94. The Bertz CT molecular complexity index is 404. The van der Waals surface area contributed by atoms with E-state index in [9.17, 15) is 0 Å². The summed E-state index contributed by atoms with van der Waals surface area (Å²) in [4.78, 5) is 6.76. The molecule has 2 N–H and O–H groups in total. The molecule has 5 nitrogen and oxygen atoms in total. The third-order valence-electron chi connectivity index (χ3n) is 3.60. The van der Waals surface area contributed by atoms with Crippen molar-refractivity contribution in [2.24, 2.45) is 22.6 Å². The maximum Gasteiger partial charge on any atom is 0.191 e. The van der Waals surface area contributed by atoms with Gasteiger partial charge in [0.2, 0.25) is 0 Å². The van der Waals surface area contributed by atoms with E-state index in [0.29, 0.717) is 11.9 Å². The second-order valence-electron chi connectivity index (χ2n) is 5.73. The van der Waals surface area contributed by atoms with Crippen LogP contribution in [0.5, 0.6) is 0 Å². The van der Waals surface area contributed by atoms with Crippen molar-refractivity contribution in [2.75, 3.05) is 19.6 Å². The average molecular weight is 391 g/mol. The van der Waals surface area contributed by atoms with E-state index in [0.717, 1.165) is 32.1 Å². The van der Waals surface area contributed by atoms with Gasteiger partial charge in [-0.3, -0.25) is 9.67 Å². The van der Waals surface area contributed by atoms with Crippen LogP contribution in [0.2, 0.25) is 0 Å². The number of hydrogen-bond donors (Lipinski definition) is 1. The number of aliphatic imine (C=N–C) groups is 1. The van der Waals surface area contributed by atoms with Crippen LogP contribution in [0.3, 0.4) is 0 Å². The molecule has 0 bridgehead atoms. The Balaban J connectivity index is 0.00000200. The first-order valence-corrected chi connectivity index (χ1v) is 7.17. The molecular formula is C14H26IN5. The van der Waals surface area contributed by atoms with Gasteiger partial charge >= 0.3 is 0 Å². The minimum Gasteiger partial charge on any atom is -0.370 e. The van der Waals surface area contributed by atoms with Gasteiger partial charge in [-0.05, 0) is 30.7 Å². The van der Waals surface area contributed by atoms with Crippen LogP contribution in [0.15, 0.2) is 23.5 Å². The van der Waals surface area contributed by atoms with Gasteiger partial charge in [0.25, 0.3) is 0 Å². The predicted molar refractivity (Wildman–Crippen MR) is 93.3 cm³/mol. The number of piperidine rings is 1. The lowest BCUT2D eigenvalue weighted by atomic mass is 10.0. The van der Waals surface area contributed by atoms with Gasteiger partial charge in [-0.25, -0.2) is 0 Å². The Morgan fingerprint density at radius 3 is 3.00 bits per heavy atom. The molecule has 0 amide bonds. The fraction of sp³-hybridized carbons (Fsp3) is 0.714. The van der Waals surface area contributed by atoms with Crippen LogP contribution in [0, 0.1) is 11.8 Å². The molecule has 20 heavy (non-hydrogen) atoms. The van der Waals surface area contributed by atoms with Crippen molar-refractivity contribution in [1.82, 2.24) is 14.7 Å². The Morgan fingerprint density at radius 2 is 2.35 bits per heavy atom. The third kappa shape index (κ3) is 5.30. The molecule has 0 saturated carbocycles. The molecule has 6 heteroatoms. The first-order valence-electron chi connectivity index (χ1n) is 7.17. The van der Waals surface area contributed by atoms with E-state index in [-0.39, 0.29) is 24.0 Å². The van der Waals surface area contributed by atoms with Crippen LogP contribution >= 0.6 is 24.0 Å². The number of halogens is 1. The quantitative estimate of drug-likeness (QED) is 0.486. The van der Waals surface area contributed by atoms with E-state index >= 15 is 0 Å². The SMILES string of the molecule is CC1CCCN(C(N)=NCC(C)Cn2cccn2)C1.I. The van der Waals surface area contributed by atoms with Gasteiger partial charge in [0, 0.05) is 38.6 Å². The van der Waals surface area contributed by atoms with Gasteiger partial charge in [-0.2, -0.15) is 5.10 Å².